The Kier molecular flexibility index (Phi) is 2.21. The smallest absolute Gasteiger partial charge is 0.161 e. The molecule has 1 atom stereocenters. The maximum absolute atomic E-state index is 5.92. The van der Waals surface area contributed by atoms with Crippen molar-refractivity contribution in [1.29, 1.82) is 0 Å². The molecule has 0 bridgehead atoms. The largest absolute Gasteiger partial charge is 0.321 e. The van der Waals surface area contributed by atoms with E-state index in [4.69, 9.17) is 5.73 Å². The number of aromatic nitrogens is 3. The van der Waals surface area contributed by atoms with Crippen molar-refractivity contribution in [1.82, 2.24) is 14.6 Å². The molecule has 74 valence electrons. The quantitative estimate of drug-likeness (QED) is 0.779. The lowest BCUT2D eigenvalue weighted by Crippen LogP contribution is -2.12. The minimum atomic E-state index is -0.0345. The molecule has 4 nitrogen and oxygen atoms in total. The molecule has 0 aliphatic rings. The summed E-state index contributed by atoms with van der Waals surface area (Å²) in [4.78, 5) is 0. The predicted octanol–water partition coefficient (Wildman–Crippen LogP) is 1.45. The van der Waals surface area contributed by atoms with Gasteiger partial charge in [0, 0.05) is 6.20 Å². The molecule has 14 heavy (non-hydrogen) atoms. The standard InChI is InChI=1S/C10H14N4/c1-3-8(11)10-13-12-9-6-7(2)4-5-14(9)10/h4-6,8H,3,11H2,1-2H3. The number of hydrogen-bond donors (Lipinski definition) is 1. The first-order valence-electron chi connectivity index (χ1n) is 4.79. The highest BCUT2D eigenvalue weighted by Gasteiger charge is 2.11. The van der Waals surface area contributed by atoms with E-state index in [1.165, 1.54) is 5.56 Å². The van der Waals surface area contributed by atoms with Gasteiger partial charge in [0.25, 0.3) is 0 Å². The summed E-state index contributed by atoms with van der Waals surface area (Å²) in [6.45, 7) is 4.08. The molecule has 0 aromatic carbocycles. The molecule has 0 aliphatic carbocycles. The highest BCUT2D eigenvalue weighted by atomic mass is 15.3. The Hall–Kier alpha value is -1.42. The third-order valence-electron chi connectivity index (χ3n) is 2.36. The van der Waals surface area contributed by atoms with Gasteiger partial charge >= 0.3 is 0 Å². The lowest BCUT2D eigenvalue weighted by atomic mass is 10.2. The van der Waals surface area contributed by atoms with Crippen LogP contribution in [0.3, 0.4) is 0 Å². The van der Waals surface area contributed by atoms with Crippen LogP contribution in [0.5, 0.6) is 0 Å². The third-order valence-corrected chi connectivity index (χ3v) is 2.36. The van der Waals surface area contributed by atoms with Crippen LogP contribution in [0, 0.1) is 6.92 Å². The normalized spacial score (nSPS) is 13.4. The number of aryl methyl sites for hydroxylation is 1. The SMILES string of the molecule is CCC(N)c1nnc2cc(C)ccn12. The molecule has 0 saturated carbocycles. The highest BCUT2D eigenvalue weighted by molar-refractivity contribution is 5.41. The predicted molar refractivity (Wildman–Crippen MR) is 54.9 cm³/mol. The molecule has 0 fully saturated rings. The average molecular weight is 190 g/mol. The van der Waals surface area contributed by atoms with Crippen molar-refractivity contribution in [3.63, 3.8) is 0 Å². The van der Waals surface area contributed by atoms with E-state index in [9.17, 15) is 0 Å². The molecule has 2 rings (SSSR count). The van der Waals surface area contributed by atoms with Gasteiger partial charge in [0.1, 0.15) is 0 Å². The van der Waals surface area contributed by atoms with Gasteiger partial charge in [-0.15, -0.1) is 10.2 Å². The fourth-order valence-corrected chi connectivity index (χ4v) is 1.45. The van der Waals surface area contributed by atoms with Gasteiger partial charge in [0.05, 0.1) is 6.04 Å². The molecule has 2 heterocycles. The van der Waals surface area contributed by atoms with E-state index >= 15 is 0 Å². The zero-order valence-corrected chi connectivity index (χ0v) is 8.44. The van der Waals surface area contributed by atoms with Crippen LogP contribution in [0.25, 0.3) is 5.65 Å². The van der Waals surface area contributed by atoms with Crippen LogP contribution >= 0.6 is 0 Å². The van der Waals surface area contributed by atoms with E-state index in [1.54, 1.807) is 0 Å². The van der Waals surface area contributed by atoms with Gasteiger partial charge in [0.15, 0.2) is 11.5 Å². The Morgan fingerprint density at radius 2 is 2.29 bits per heavy atom. The van der Waals surface area contributed by atoms with Crippen LogP contribution in [0.2, 0.25) is 0 Å². The molecule has 0 saturated heterocycles. The van der Waals surface area contributed by atoms with Gasteiger partial charge < -0.3 is 5.73 Å². The van der Waals surface area contributed by atoms with Crippen molar-refractivity contribution in [3.05, 3.63) is 29.7 Å². The van der Waals surface area contributed by atoms with Crippen LogP contribution < -0.4 is 5.73 Å². The Balaban J connectivity index is 2.58. The van der Waals surface area contributed by atoms with Gasteiger partial charge in [-0.25, -0.2) is 0 Å². The van der Waals surface area contributed by atoms with Crippen LogP contribution in [0.1, 0.15) is 30.8 Å². The molecule has 2 aromatic heterocycles. The topological polar surface area (TPSA) is 56.2 Å². The monoisotopic (exact) mass is 190 g/mol. The van der Waals surface area contributed by atoms with E-state index in [2.05, 4.69) is 10.2 Å². The maximum atomic E-state index is 5.92. The van der Waals surface area contributed by atoms with Crippen LogP contribution in [0.4, 0.5) is 0 Å². The molecule has 0 radical (unpaired) electrons. The van der Waals surface area contributed by atoms with Crippen molar-refractivity contribution in [2.75, 3.05) is 0 Å². The van der Waals surface area contributed by atoms with Gasteiger partial charge in [-0.3, -0.25) is 4.40 Å². The van der Waals surface area contributed by atoms with Crippen LogP contribution in [0.15, 0.2) is 18.3 Å². The summed E-state index contributed by atoms with van der Waals surface area (Å²) in [6, 6.07) is 3.99. The third kappa shape index (κ3) is 1.37. The van der Waals surface area contributed by atoms with Gasteiger partial charge in [-0.2, -0.15) is 0 Å². The molecule has 2 aromatic rings. The van der Waals surface area contributed by atoms with E-state index < -0.39 is 0 Å². The molecular formula is C10H14N4. The summed E-state index contributed by atoms with van der Waals surface area (Å²) in [5, 5.41) is 8.18. The molecule has 4 heteroatoms. The lowest BCUT2D eigenvalue weighted by molar-refractivity contribution is 0.640. The van der Waals surface area contributed by atoms with E-state index in [-0.39, 0.29) is 6.04 Å². The number of nitrogens with two attached hydrogens (primary N) is 1. The first kappa shape index (κ1) is 9.15. The van der Waals surface area contributed by atoms with Gasteiger partial charge in [-0.05, 0) is 31.0 Å². The summed E-state index contributed by atoms with van der Waals surface area (Å²) >= 11 is 0. The van der Waals surface area contributed by atoms with Crippen LogP contribution in [-0.2, 0) is 0 Å². The van der Waals surface area contributed by atoms with Gasteiger partial charge in [0.2, 0.25) is 0 Å². The second kappa shape index (κ2) is 3.38. The van der Waals surface area contributed by atoms with Gasteiger partial charge in [-0.1, -0.05) is 6.92 Å². The lowest BCUT2D eigenvalue weighted by Gasteiger charge is -2.05. The Morgan fingerprint density at radius 1 is 1.50 bits per heavy atom. The number of fused-ring (bicyclic) bond motifs is 1. The summed E-state index contributed by atoms with van der Waals surface area (Å²) in [6.07, 6.45) is 2.84. The molecule has 1 unspecified atom stereocenters. The van der Waals surface area contributed by atoms with Crippen molar-refractivity contribution < 1.29 is 0 Å². The van der Waals surface area contributed by atoms with Crippen molar-refractivity contribution in [2.24, 2.45) is 5.73 Å². The number of nitrogens with zero attached hydrogens (tertiary/aromatic N) is 3. The zero-order valence-electron chi connectivity index (χ0n) is 8.44. The number of pyridine rings is 1. The Morgan fingerprint density at radius 3 is 3.00 bits per heavy atom. The first-order chi connectivity index (χ1) is 6.72. The Labute approximate surface area is 82.8 Å². The molecular weight excluding hydrogens is 176 g/mol. The minimum Gasteiger partial charge on any atom is -0.321 e. The van der Waals surface area contributed by atoms with Crippen molar-refractivity contribution >= 4 is 5.65 Å². The fraction of sp³-hybridized carbons (Fsp3) is 0.400. The summed E-state index contributed by atoms with van der Waals surface area (Å²) in [7, 11) is 0. The number of hydrogen-bond acceptors (Lipinski definition) is 3. The molecule has 0 aliphatic heterocycles. The maximum Gasteiger partial charge on any atom is 0.161 e. The molecule has 0 spiro atoms. The van der Waals surface area contributed by atoms with Crippen molar-refractivity contribution in [2.45, 2.75) is 26.3 Å². The molecule has 0 amide bonds. The van der Waals surface area contributed by atoms with Crippen molar-refractivity contribution in [3.8, 4) is 0 Å². The number of rotatable bonds is 2. The minimum absolute atomic E-state index is 0.0345. The highest BCUT2D eigenvalue weighted by Crippen LogP contribution is 2.13. The van der Waals surface area contributed by atoms with E-state index in [0.717, 1.165) is 17.9 Å². The van der Waals surface area contributed by atoms with E-state index in [1.807, 2.05) is 36.6 Å². The van der Waals surface area contributed by atoms with E-state index in [0.29, 0.717) is 0 Å². The summed E-state index contributed by atoms with van der Waals surface area (Å²) < 4.78 is 1.95. The second-order valence-corrected chi connectivity index (χ2v) is 3.51. The second-order valence-electron chi connectivity index (χ2n) is 3.51. The molecule has 2 N–H and O–H groups in total. The Bertz CT molecular complexity index is 446. The average Bonchev–Trinajstić information content (AvgIpc) is 2.59. The zero-order chi connectivity index (χ0) is 10.1. The van der Waals surface area contributed by atoms with Crippen LogP contribution in [-0.4, -0.2) is 14.6 Å². The summed E-state index contributed by atoms with van der Waals surface area (Å²) in [5.41, 5.74) is 7.97. The first-order valence-corrected chi connectivity index (χ1v) is 4.79. The summed E-state index contributed by atoms with van der Waals surface area (Å²) in [5.74, 6) is 0.836. The fourth-order valence-electron chi connectivity index (χ4n) is 1.45.